The molecule has 1 fully saturated rings. The average Bonchev–Trinajstić information content (AvgIpc) is 2.04. The smallest absolute Gasteiger partial charge is 0.268 e. The predicted octanol–water partition coefficient (Wildman–Crippen LogP) is 0.587. The standard InChI is InChI=1S/C8H11NO2/c9-8(11)7-4-2-1-3-6(7)5-10/h5-7H,1-4H2. The van der Waals surface area contributed by atoms with Crippen molar-refractivity contribution >= 4 is 12.2 Å². The van der Waals surface area contributed by atoms with Gasteiger partial charge in [-0.3, -0.25) is 4.79 Å². The van der Waals surface area contributed by atoms with Crippen LogP contribution in [0, 0.1) is 11.8 Å². The van der Waals surface area contributed by atoms with Crippen molar-refractivity contribution < 1.29 is 9.59 Å². The lowest BCUT2D eigenvalue weighted by Gasteiger charge is -2.23. The van der Waals surface area contributed by atoms with Gasteiger partial charge in [0, 0.05) is 5.92 Å². The van der Waals surface area contributed by atoms with Crippen molar-refractivity contribution in [3.8, 4) is 0 Å². The zero-order valence-corrected chi connectivity index (χ0v) is 6.32. The van der Waals surface area contributed by atoms with Gasteiger partial charge in [-0.2, -0.15) is 0 Å². The molecule has 2 radical (unpaired) electrons. The first kappa shape index (κ1) is 8.24. The molecule has 0 aromatic carbocycles. The molecule has 3 heteroatoms. The highest BCUT2D eigenvalue weighted by Crippen LogP contribution is 2.28. The Morgan fingerprint density at radius 1 is 1.36 bits per heavy atom. The van der Waals surface area contributed by atoms with E-state index in [1.165, 1.54) is 0 Å². The average molecular weight is 153 g/mol. The quantitative estimate of drug-likeness (QED) is 0.545. The molecule has 11 heavy (non-hydrogen) atoms. The second-order valence-corrected chi connectivity index (χ2v) is 3.03. The molecule has 1 aliphatic rings. The molecular weight excluding hydrogens is 142 g/mol. The summed E-state index contributed by atoms with van der Waals surface area (Å²) in [5.74, 6) is -1.47. The van der Waals surface area contributed by atoms with Crippen LogP contribution in [0.25, 0.3) is 0 Å². The number of nitrogens with zero attached hydrogens (tertiary/aromatic N) is 1. The second-order valence-electron chi connectivity index (χ2n) is 3.03. The highest BCUT2D eigenvalue weighted by atomic mass is 16.1. The Labute approximate surface area is 66.0 Å². The van der Waals surface area contributed by atoms with Gasteiger partial charge in [-0.1, -0.05) is 12.8 Å². The van der Waals surface area contributed by atoms with Gasteiger partial charge in [0.1, 0.15) is 6.29 Å². The molecule has 1 aliphatic carbocycles. The van der Waals surface area contributed by atoms with E-state index in [4.69, 9.17) is 5.73 Å². The number of carbonyl (C=O) groups excluding carboxylic acids is 2. The molecule has 2 atom stereocenters. The van der Waals surface area contributed by atoms with Crippen LogP contribution < -0.4 is 5.73 Å². The SMILES string of the molecule is [N]C(=O)C1CCCCC1C=O. The Bertz CT molecular complexity index is 167. The fourth-order valence-electron chi connectivity index (χ4n) is 1.63. The third kappa shape index (κ3) is 1.79. The van der Waals surface area contributed by atoms with Crippen molar-refractivity contribution in [3.63, 3.8) is 0 Å². The van der Waals surface area contributed by atoms with Gasteiger partial charge in [-0.15, -0.1) is 5.73 Å². The Morgan fingerprint density at radius 2 is 2.00 bits per heavy atom. The van der Waals surface area contributed by atoms with Crippen LogP contribution in [0.4, 0.5) is 0 Å². The maximum Gasteiger partial charge on any atom is 0.268 e. The summed E-state index contributed by atoms with van der Waals surface area (Å²) in [7, 11) is 0. The Morgan fingerprint density at radius 3 is 2.45 bits per heavy atom. The molecule has 0 N–H and O–H groups in total. The van der Waals surface area contributed by atoms with E-state index in [-0.39, 0.29) is 5.92 Å². The highest BCUT2D eigenvalue weighted by molar-refractivity contribution is 5.79. The number of aldehydes is 1. The summed E-state index contributed by atoms with van der Waals surface area (Å²) in [6, 6.07) is 0. The summed E-state index contributed by atoms with van der Waals surface area (Å²) in [4.78, 5) is 21.0. The zero-order valence-electron chi connectivity index (χ0n) is 6.32. The van der Waals surface area contributed by atoms with Gasteiger partial charge >= 0.3 is 0 Å². The van der Waals surface area contributed by atoms with Gasteiger partial charge < -0.3 is 4.79 Å². The van der Waals surface area contributed by atoms with E-state index in [1.807, 2.05) is 0 Å². The predicted molar refractivity (Wildman–Crippen MR) is 38.7 cm³/mol. The molecule has 3 nitrogen and oxygen atoms in total. The van der Waals surface area contributed by atoms with E-state index in [0.717, 1.165) is 25.5 Å². The molecule has 0 aromatic heterocycles. The maximum absolute atomic E-state index is 10.6. The van der Waals surface area contributed by atoms with E-state index >= 15 is 0 Å². The van der Waals surface area contributed by atoms with Gasteiger partial charge in [-0.25, -0.2) is 0 Å². The lowest BCUT2D eigenvalue weighted by Crippen LogP contribution is -2.28. The largest absolute Gasteiger partial charge is 0.303 e. The normalized spacial score (nSPS) is 31.3. The van der Waals surface area contributed by atoms with Crippen LogP contribution in [0.3, 0.4) is 0 Å². The van der Waals surface area contributed by atoms with Crippen LogP contribution in [0.15, 0.2) is 0 Å². The fourth-order valence-corrected chi connectivity index (χ4v) is 1.63. The van der Waals surface area contributed by atoms with Gasteiger partial charge in [0.25, 0.3) is 5.91 Å². The van der Waals surface area contributed by atoms with Gasteiger partial charge in [0.05, 0.1) is 5.92 Å². The van der Waals surface area contributed by atoms with Crippen molar-refractivity contribution in [1.29, 1.82) is 0 Å². The lowest BCUT2D eigenvalue weighted by atomic mass is 9.80. The van der Waals surface area contributed by atoms with Crippen molar-refractivity contribution in [2.75, 3.05) is 0 Å². The topological polar surface area (TPSA) is 56.4 Å². The van der Waals surface area contributed by atoms with E-state index in [2.05, 4.69) is 0 Å². The molecule has 2 unspecified atom stereocenters. The maximum atomic E-state index is 10.6. The number of carbonyl (C=O) groups is 2. The van der Waals surface area contributed by atoms with Crippen LogP contribution in [-0.2, 0) is 9.59 Å². The van der Waals surface area contributed by atoms with Gasteiger partial charge in [-0.05, 0) is 12.8 Å². The summed E-state index contributed by atoms with van der Waals surface area (Å²) in [6.07, 6.45) is 4.14. The van der Waals surface area contributed by atoms with Gasteiger partial charge in [0.15, 0.2) is 0 Å². The summed E-state index contributed by atoms with van der Waals surface area (Å²) in [5.41, 5.74) is 8.68. The molecule has 1 saturated carbocycles. The number of hydrogen-bond acceptors (Lipinski definition) is 2. The molecule has 60 valence electrons. The third-order valence-electron chi connectivity index (χ3n) is 2.31. The van der Waals surface area contributed by atoms with E-state index in [1.54, 1.807) is 0 Å². The van der Waals surface area contributed by atoms with Crippen LogP contribution in [0.1, 0.15) is 25.7 Å². The van der Waals surface area contributed by atoms with Crippen molar-refractivity contribution in [1.82, 2.24) is 5.73 Å². The van der Waals surface area contributed by atoms with Crippen LogP contribution >= 0.6 is 0 Å². The first-order chi connectivity index (χ1) is 5.25. The summed E-state index contributed by atoms with van der Waals surface area (Å²) in [6.45, 7) is 0. The Hall–Kier alpha value is -0.860. The Balaban J connectivity index is 2.58. The van der Waals surface area contributed by atoms with Crippen molar-refractivity contribution in [2.24, 2.45) is 11.8 Å². The Kier molecular flexibility index (Phi) is 2.63. The van der Waals surface area contributed by atoms with Crippen molar-refractivity contribution in [2.45, 2.75) is 25.7 Å². The minimum Gasteiger partial charge on any atom is -0.303 e. The molecule has 0 saturated heterocycles. The number of hydrogen-bond donors (Lipinski definition) is 0. The molecule has 0 bridgehead atoms. The molecular formula is C8H11NO2. The summed E-state index contributed by atoms with van der Waals surface area (Å²) in [5, 5.41) is 0. The van der Waals surface area contributed by atoms with Crippen molar-refractivity contribution in [3.05, 3.63) is 0 Å². The molecule has 1 rings (SSSR count). The van der Waals surface area contributed by atoms with E-state index in [9.17, 15) is 9.59 Å². The van der Waals surface area contributed by atoms with Gasteiger partial charge in [0.2, 0.25) is 0 Å². The second kappa shape index (κ2) is 3.51. The zero-order chi connectivity index (χ0) is 8.27. The summed E-state index contributed by atoms with van der Waals surface area (Å²) < 4.78 is 0. The minimum absolute atomic E-state index is 0.235. The van der Waals surface area contributed by atoms with E-state index in [0.29, 0.717) is 6.42 Å². The lowest BCUT2D eigenvalue weighted by molar-refractivity contribution is -0.128. The highest BCUT2D eigenvalue weighted by Gasteiger charge is 2.29. The van der Waals surface area contributed by atoms with E-state index < -0.39 is 11.8 Å². The first-order valence-electron chi connectivity index (χ1n) is 3.94. The number of rotatable bonds is 2. The van der Waals surface area contributed by atoms with Crippen LogP contribution in [0.2, 0.25) is 0 Å². The third-order valence-corrected chi connectivity index (χ3v) is 2.31. The van der Waals surface area contributed by atoms with Crippen LogP contribution in [-0.4, -0.2) is 12.2 Å². The first-order valence-corrected chi connectivity index (χ1v) is 3.94. The molecule has 0 heterocycles. The number of amides is 1. The molecule has 0 aromatic rings. The monoisotopic (exact) mass is 153 g/mol. The van der Waals surface area contributed by atoms with Crippen LogP contribution in [0.5, 0.6) is 0 Å². The molecule has 0 aliphatic heterocycles. The minimum atomic E-state index is -0.818. The fraction of sp³-hybridized carbons (Fsp3) is 0.750. The summed E-state index contributed by atoms with van der Waals surface area (Å²) >= 11 is 0. The molecule has 0 spiro atoms. The molecule has 1 amide bonds.